The molecule has 1 atom stereocenters. The van der Waals surface area contributed by atoms with Crippen LogP contribution in [0.5, 0.6) is 5.75 Å². The number of ether oxygens (including phenoxy) is 1. The van der Waals surface area contributed by atoms with E-state index in [4.69, 9.17) is 4.74 Å². The van der Waals surface area contributed by atoms with Gasteiger partial charge in [0.1, 0.15) is 5.75 Å². The number of nitrogens with zero attached hydrogens (tertiary/aromatic N) is 2. The number of aromatic amines is 1. The third-order valence-electron chi connectivity index (χ3n) is 7.51. The number of aromatic nitrogens is 1. The van der Waals surface area contributed by atoms with Crippen molar-refractivity contribution in [3.63, 3.8) is 0 Å². The van der Waals surface area contributed by atoms with E-state index in [2.05, 4.69) is 21.3 Å². The van der Waals surface area contributed by atoms with Crippen LogP contribution in [0, 0.1) is 6.92 Å². The number of methoxy groups -OCH3 is 1. The van der Waals surface area contributed by atoms with Gasteiger partial charge in [-0.05, 0) is 54.7 Å². The summed E-state index contributed by atoms with van der Waals surface area (Å²) in [4.78, 5) is 19.3. The molecular weight excluding hydrogens is 466 g/mol. The van der Waals surface area contributed by atoms with Gasteiger partial charge in [-0.1, -0.05) is 6.07 Å². The van der Waals surface area contributed by atoms with Crippen molar-refractivity contribution in [3.05, 3.63) is 58.3 Å². The van der Waals surface area contributed by atoms with E-state index >= 15 is 0 Å². The highest BCUT2D eigenvalue weighted by atomic mass is 19.3. The van der Waals surface area contributed by atoms with Crippen LogP contribution in [0.15, 0.2) is 30.5 Å². The zero-order valence-corrected chi connectivity index (χ0v) is 20.6. The van der Waals surface area contributed by atoms with Gasteiger partial charge in [-0.3, -0.25) is 9.80 Å². The number of piperazine rings is 1. The summed E-state index contributed by atoms with van der Waals surface area (Å²) in [5.41, 5.74) is 6.13. The molecule has 3 N–H and O–H groups in total. The second kappa shape index (κ2) is 10.1. The molecule has 36 heavy (non-hydrogen) atoms. The first kappa shape index (κ1) is 24.5. The number of nitrogens with one attached hydrogen (secondary N) is 2. The molecule has 0 saturated carbocycles. The average molecular weight is 499 g/mol. The van der Waals surface area contributed by atoms with Crippen LogP contribution in [0.2, 0.25) is 0 Å². The van der Waals surface area contributed by atoms with Crippen molar-refractivity contribution in [1.29, 1.82) is 0 Å². The third kappa shape index (κ3) is 4.53. The molecule has 1 saturated heterocycles. The highest BCUT2D eigenvalue weighted by Crippen LogP contribution is 2.39. The van der Waals surface area contributed by atoms with Gasteiger partial charge in [-0.2, -0.15) is 0 Å². The number of hydrogen-bond donors (Lipinski definition) is 3. The molecule has 1 fully saturated rings. The normalized spacial score (nSPS) is 18.9. The number of carbonyl (C=O) groups is 1. The lowest BCUT2D eigenvalue weighted by molar-refractivity contribution is 0.0243. The minimum atomic E-state index is -2.40. The second-order valence-electron chi connectivity index (χ2n) is 9.67. The first-order valence-electron chi connectivity index (χ1n) is 12.4. The molecule has 3 heterocycles. The van der Waals surface area contributed by atoms with E-state index in [0.29, 0.717) is 38.4 Å². The van der Waals surface area contributed by atoms with Gasteiger partial charge in [0.15, 0.2) is 0 Å². The summed E-state index contributed by atoms with van der Waals surface area (Å²) >= 11 is 0. The number of anilines is 1. The third-order valence-corrected chi connectivity index (χ3v) is 7.51. The van der Waals surface area contributed by atoms with E-state index in [9.17, 15) is 18.7 Å². The van der Waals surface area contributed by atoms with E-state index < -0.39 is 12.4 Å². The zero-order chi connectivity index (χ0) is 25.4. The predicted octanol–water partition coefficient (Wildman–Crippen LogP) is 4.67. The lowest BCUT2D eigenvalue weighted by Crippen LogP contribution is -2.49. The number of alkyl halides is 2. The highest BCUT2D eigenvalue weighted by Gasteiger charge is 2.34. The molecule has 2 aromatic carbocycles. The molecule has 2 aliphatic rings. The molecule has 9 heteroatoms. The number of halogens is 2. The number of aryl methyl sites for hydroxylation is 1. The monoisotopic (exact) mass is 498 g/mol. The fraction of sp³-hybridized carbons (Fsp3) is 0.444. The summed E-state index contributed by atoms with van der Waals surface area (Å²) in [7, 11) is 1.67. The lowest BCUT2D eigenvalue weighted by Gasteiger charge is -2.43. The molecule has 3 aromatic rings. The molecular formula is C27H32F2N4O3. The minimum absolute atomic E-state index is 0.158. The topological polar surface area (TPSA) is 80.8 Å². The summed E-state index contributed by atoms with van der Waals surface area (Å²) in [6, 6.07) is 7.46. The van der Waals surface area contributed by atoms with Gasteiger partial charge in [-0.15, -0.1) is 0 Å². The summed E-state index contributed by atoms with van der Waals surface area (Å²) in [6.45, 7) is 4.69. The zero-order valence-electron chi connectivity index (χ0n) is 20.6. The average Bonchev–Trinajstić information content (AvgIpc) is 3.36. The summed E-state index contributed by atoms with van der Waals surface area (Å²) < 4.78 is 32.4. The fourth-order valence-electron chi connectivity index (χ4n) is 5.81. The number of H-pyrrole nitrogens is 1. The Hall–Kier alpha value is -3.17. The Morgan fingerprint density at radius 3 is 2.86 bits per heavy atom. The summed E-state index contributed by atoms with van der Waals surface area (Å²) in [5.74, 6) is -0.162. The smallest absolute Gasteiger partial charge is 0.337 e. The molecule has 0 spiro atoms. The number of carboxylic acid groups (broad SMARTS) is 1. The Morgan fingerprint density at radius 1 is 1.28 bits per heavy atom. The Bertz CT molecular complexity index is 1280. The number of carboxylic acids is 1. The maximum absolute atomic E-state index is 13.3. The van der Waals surface area contributed by atoms with Crippen LogP contribution in [-0.2, 0) is 13.0 Å². The van der Waals surface area contributed by atoms with Gasteiger partial charge >= 0.3 is 5.97 Å². The molecule has 0 aliphatic carbocycles. The molecule has 7 nitrogen and oxygen atoms in total. The largest absolute Gasteiger partial charge is 0.496 e. The Morgan fingerprint density at radius 2 is 2.11 bits per heavy atom. The molecule has 2 aliphatic heterocycles. The molecule has 0 unspecified atom stereocenters. The standard InChI is InChI=1S/C27H32F2N4O3/c1-16-12-23(36-2)21(19-7-9-31-25(16)19)13-33-11-10-32(15-24(28)29)14-22(33)17-5-6-20(27(34)35)26-18(17)4-3-8-30-26/h5-7,9,12,22,24,30-31H,3-4,8,10-11,13-15H2,1-2H3,(H,34,35)/t22-/m0/s1. The van der Waals surface area contributed by atoms with E-state index in [0.717, 1.165) is 51.7 Å². The van der Waals surface area contributed by atoms with Gasteiger partial charge in [0.25, 0.3) is 6.43 Å². The van der Waals surface area contributed by atoms with Crippen molar-refractivity contribution in [3.8, 4) is 5.75 Å². The molecule has 1 aromatic heterocycles. The first-order chi connectivity index (χ1) is 17.4. The fourth-order valence-corrected chi connectivity index (χ4v) is 5.81. The van der Waals surface area contributed by atoms with Crippen LogP contribution < -0.4 is 10.1 Å². The molecule has 0 amide bonds. The van der Waals surface area contributed by atoms with Crippen molar-refractivity contribution in [2.24, 2.45) is 0 Å². The van der Waals surface area contributed by atoms with E-state index in [-0.39, 0.29) is 18.2 Å². The minimum Gasteiger partial charge on any atom is -0.496 e. The Balaban J connectivity index is 1.57. The van der Waals surface area contributed by atoms with Crippen molar-refractivity contribution in [2.75, 3.05) is 45.2 Å². The van der Waals surface area contributed by atoms with Crippen LogP contribution in [0.4, 0.5) is 14.5 Å². The van der Waals surface area contributed by atoms with Crippen LogP contribution >= 0.6 is 0 Å². The number of hydrogen-bond acceptors (Lipinski definition) is 5. The van der Waals surface area contributed by atoms with Crippen LogP contribution in [0.3, 0.4) is 0 Å². The number of rotatable bonds is 7. The Labute approximate surface area is 209 Å². The van der Waals surface area contributed by atoms with Crippen LogP contribution in [-0.4, -0.2) is 72.1 Å². The SMILES string of the molecule is COc1cc(C)c2[nH]ccc2c1CN1CCN(CC(F)F)C[C@H]1c1ccc(C(=O)O)c2c1CCCN2. The predicted molar refractivity (Wildman–Crippen MR) is 135 cm³/mol. The van der Waals surface area contributed by atoms with Crippen molar-refractivity contribution in [2.45, 2.75) is 38.8 Å². The Kier molecular flexibility index (Phi) is 6.85. The molecule has 0 radical (unpaired) electrons. The van der Waals surface area contributed by atoms with Crippen molar-refractivity contribution >= 4 is 22.6 Å². The maximum atomic E-state index is 13.3. The van der Waals surface area contributed by atoms with E-state index in [1.807, 2.05) is 30.2 Å². The maximum Gasteiger partial charge on any atom is 0.337 e. The number of benzene rings is 2. The van der Waals surface area contributed by atoms with Gasteiger partial charge in [0.2, 0.25) is 0 Å². The van der Waals surface area contributed by atoms with Crippen molar-refractivity contribution in [1.82, 2.24) is 14.8 Å². The lowest BCUT2D eigenvalue weighted by atomic mass is 9.88. The second-order valence-corrected chi connectivity index (χ2v) is 9.67. The number of aromatic carboxylic acids is 1. The van der Waals surface area contributed by atoms with E-state index in [1.54, 1.807) is 13.2 Å². The summed E-state index contributed by atoms with van der Waals surface area (Å²) in [5, 5.41) is 14.1. The van der Waals surface area contributed by atoms with Gasteiger partial charge in [-0.25, -0.2) is 13.6 Å². The first-order valence-corrected chi connectivity index (χ1v) is 12.4. The van der Waals surface area contributed by atoms with Gasteiger partial charge in [0.05, 0.1) is 24.9 Å². The quantitative estimate of drug-likeness (QED) is 0.440. The van der Waals surface area contributed by atoms with Crippen LogP contribution in [0.25, 0.3) is 10.9 Å². The van der Waals surface area contributed by atoms with E-state index in [1.165, 1.54) is 0 Å². The summed E-state index contributed by atoms with van der Waals surface area (Å²) in [6.07, 6.45) is 1.17. The van der Waals surface area contributed by atoms with Gasteiger partial charge in [0, 0.05) is 61.4 Å². The van der Waals surface area contributed by atoms with Crippen LogP contribution in [0.1, 0.15) is 45.1 Å². The molecule has 5 rings (SSSR count). The molecule has 192 valence electrons. The number of fused-ring (bicyclic) bond motifs is 2. The molecule has 0 bridgehead atoms. The van der Waals surface area contributed by atoms with Gasteiger partial charge < -0.3 is 20.1 Å². The highest BCUT2D eigenvalue weighted by molar-refractivity contribution is 5.95. The van der Waals surface area contributed by atoms with Crippen molar-refractivity contribution < 1.29 is 23.4 Å².